The summed E-state index contributed by atoms with van der Waals surface area (Å²) in [6.45, 7) is 6.67. The zero-order valence-corrected chi connectivity index (χ0v) is 18.1. The van der Waals surface area contributed by atoms with Crippen molar-refractivity contribution in [3.63, 3.8) is 0 Å². The quantitative estimate of drug-likeness (QED) is 0.816. The molecule has 1 saturated carbocycles. The molecule has 162 valence electrons. The van der Waals surface area contributed by atoms with Crippen LogP contribution < -0.4 is 5.56 Å². The Kier molecular flexibility index (Phi) is 5.12. The maximum absolute atomic E-state index is 13.0. The van der Waals surface area contributed by atoms with Crippen molar-refractivity contribution in [3.8, 4) is 0 Å². The van der Waals surface area contributed by atoms with Crippen molar-refractivity contribution in [3.05, 3.63) is 41.1 Å². The number of hydrogen-bond acceptors (Lipinski definition) is 5. The summed E-state index contributed by atoms with van der Waals surface area (Å²) >= 11 is 0. The highest BCUT2D eigenvalue weighted by Crippen LogP contribution is 2.51. The van der Waals surface area contributed by atoms with Crippen LogP contribution in [0.4, 0.5) is 4.79 Å². The van der Waals surface area contributed by atoms with E-state index in [-0.39, 0.29) is 18.2 Å². The van der Waals surface area contributed by atoms with E-state index in [2.05, 4.69) is 4.98 Å². The van der Waals surface area contributed by atoms with Gasteiger partial charge in [0.25, 0.3) is 5.56 Å². The average molecular weight is 414 g/mol. The number of fused-ring (bicyclic) bond motifs is 1. The molecule has 0 aromatic carbocycles. The van der Waals surface area contributed by atoms with Crippen molar-refractivity contribution in [2.45, 2.75) is 70.6 Å². The van der Waals surface area contributed by atoms with Crippen LogP contribution in [0.3, 0.4) is 0 Å². The van der Waals surface area contributed by atoms with E-state index in [9.17, 15) is 14.7 Å². The molecule has 4 rings (SSSR count). The summed E-state index contributed by atoms with van der Waals surface area (Å²) < 4.78 is 7.18. The molecule has 0 bridgehead atoms. The van der Waals surface area contributed by atoms with E-state index < -0.39 is 16.6 Å². The highest BCUT2D eigenvalue weighted by atomic mass is 16.6. The molecule has 1 N–H and O–H groups in total. The van der Waals surface area contributed by atoms with Gasteiger partial charge >= 0.3 is 6.09 Å². The topological polar surface area (TPSA) is 84.7 Å². The van der Waals surface area contributed by atoms with Gasteiger partial charge in [0, 0.05) is 37.1 Å². The number of carbonyl (C=O) groups is 1. The summed E-state index contributed by atoms with van der Waals surface area (Å²) in [6.07, 6.45) is 8.80. The van der Waals surface area contributed by atoms with Crippen LogP contribution in [-0.4, -0.2) is 49.9 Å². The van der Waals surface area contributed by atoms with Gasteiger partial charge in [0.1, 0.15) is 5.60 Å². The van der Waals surface area contributed by atoms with Crippen molar-refractivity contribution >= 4 is 16.9 Å². The van der Waals surface area contributed by atoms with Gasteiger partial charge in [-0.2, -0.15) is 0 Å². The zero-order chi connectivity index (χ0) is 21.6. The molecule has 1 saturated heterocycles. The number of nitrogens with zero attached hydrogens (tertiary/aromatic N) is 3. The molecule has 1 unspecified atom stereocenters. The van der Waals surface area contributed by atoms with Crippen LogP contribution in [0.2, 0.25) is 0 Å². The Morgan fingerprint density at radius 1 is 1.23 bits per heavy atom. The van der Waals surface area contributed by atoms with Gasteiger partial charge in [-0.3, -0.25) is 9.78 Å². The summed E-state index contributed by atoms with van der Waals surface area (Å²) in [4.78, 5) is 31.5. The number of rotatable bonds is 2. The van der Waals surface area contributed by atoms with Gasteiger partial charge < -0.3 is 19.3 Å². The van der Waals surface area contributed by atoms with Gasteiger partial charge in [0.15, 0.2) is 0 Å². The number of pyridine rings is 2. The second-order valence-electron chi connectivity index (χ2n) is 9.88. The van der Waals surface area contributed by atoms with Crippen LogP contribution in [0, 0.1) is 5.41 Å². The minimum absolute atomic E-state index is 0.142. The van der Waals surface area contributed by atoms with Crippen LogP contribution in [0.5, 0.6) is 0 Å². The number of hydrogen-bond donors (Lipinski definition) is 1. The van der Waals surface area contributed by atoms with Crippen LogP contribution >= 0.6 is 0 Å². The molecule has 1 aliphatic heterocycles. The van der Waals surface area contributed by atoms with E-state index in [0.29, 0.717) is 24.9 Å². The molecule has 2 aromatic rings. The van der Waals surface area contributed by atoms with Crippen molar-refractivity contribution in [1.29, 1.82) is 0 Å². The Morgan fingerprint density at radius 3 is 2.67 bits per heavy atom. The van der Waals surface area contributed by atoms with E-state index in [4.69, 9.17) is 4.74 Å². The minimum atomic E-state index is -1.05. The molecular formula is C23H31N3O4. The van der Waals surface area contributed by atoms with Gasteiger partial charge in [0.2, 0.25) is 0 Å². The third kappa shape index (κ3) is 3.71. The largest absolute Gasteiger partial charge is 0.444 e. The van der Waals surface area contributed by atoms with E-state index in [0.717, 1.165) is 31.1 Å². The number of aliphatic hydroxyl groups is 1. The number of ether oxygens (including phenoxy) is 1. The van der Waals surface area contributed by atoms with Crippen LogP contribution in [0.25, 0.3) is 10.8 Å². The third-order valence-electron chi connectivity index (χ3n) is 6.70. The second kappa shape index (κ2) is 7.38. The van der Waals surface area contributed by atoms with Gasteiger partial charge in [-0.05, 0) is 57.6 Å². The fraction of sp³-hybridized carbons (Fsp3) is 0.609. The number of amides is 1. The van der Waals surface area contributed by atoms with E-state index in [1.54, 1.807) is 28.1 Å². The first-order chi connectivity index (χ1) is 14.1. The van der Waals surface area contributed by atoms with Gasteiger partial charge in [0.05, 0.1) is 17.5 Å². The third-order valence-corrected chi connectivity index (χ3v) is 6.70. The Hall–Kier alpha value is -2.41. The van der Waals surface area contributed by atoms with Crippen molar-refractivity contribution < 1.29 is 14.6 Å². The van der Waals surface area contributed by atoms with E-state index in [1.165, 1.54) is 0 Å². The molecule has 2 aromatic heterocycles. The fourth-order valence-electron chi connectivity index (χ4n) is 5.11. The monoisotopic (exact) mass is 413 g/mol. The Bertz CT molecular complexity index is 1000. The summed E-state index contributed by atoms with van der Waals surface area (Å²) in [5.74, 6) is 0. The second-order valence-corrected chi connectivity index (χ2v) is 9.88. The van der Waals surface area contributed by atoms with Crippen LogP contribution in [-0.2, 0) is 11.3 Å². The molecule has 1 aliphatic carbocycles. The average Bonchev–Trinajstić information content (AvgIpc) is 3.15. The molecule has 1 spiro atoms. The summed E-state index contributed by atoms with van der Waals surface area (Å²) in [7, 11) is 0. The Labute approximate surface area is 176 Å². The van der Waals surface area contributed by atoms with Crippen molar-refractivity contribution in [1.82, 2.24) is 14.5 Å². The summed E-state index contributed by atoms with van der Waals surface area (Å²) in [5.41, 5.74) is -2.18. The maximum Gasteiger partial charge on any atom is 0.410 e. The molecule has 1 amide bonds. The number of likely N-dealkylation sites (tertiary alicyclic amines) is 1. The molecule has 1 atom stereocenters. The zero-order valence-electron chi connectivity index (χ0n) is 18.1. The maximum atomic E-state index is 13.0. The van der Waals surface area contributed by atoms with Crippen LogP contribution in [0.1, 0.15) is 52.9 Å². The molecule has 2 fully saturated rings. The SMILES string of the molecule is CC(C)(C)OC(=O)N1CCC(O)(Cn2ccc3ccncc3c2=O)C2(CCCC2)C1. The van der Waals surface area contributed by atoms with Crippen molar-refractivity contribution in [2.24, 2.45) is 5.41 Å². The normalized spacial score (nSPS) is 23.8. The minimum Gasteiger partial charge on any atom is -0.444 e. The fourth-order valence-corrected chi connectivity index (χ4v) is 5.11. The number of carbonyl (C=O) groups excluding carboxylic acids is 1. The highest BCUT2D eigenvalue weighted by molar-refractivity contribution is 5.80. The predicted molar refractivity (Wildman–Crippen MR) is 114 cm³/mol. The summed E-state index contributed by atoms with van der Waals surface area (Å²) in [6, 6.07) is 3.70. The molecule has 3 heterocycles. The Balaban J connectivity index is 1.62. The van der Waals surface area contributed by atoms with E-state index >= 15 is 0 Å². The Morgan fingerprint density at radius 2 is 1.97 bits per heavy atom. The molecule has 0 radical (unpaired) electrons. The first kappa shape index (κ1) is 20.8. The van der Waals surface area contributed by atoms with Crippen molar-refractivity contribution in [2.75, 3.05) is 13.1 Å². The number of aromatic nitrogens is 2. The standard InChI is InChI=1S/C23H31N3O4/c1-21(2,3)30-20(28)26-13-10-23(29,22(15-26)8-4-5-9-22)16-25-12-7-17-6-11-24-14-18(17)19(25)27/h6-7,11-12,14,29H,4-5,8-10,13,15-16H2,1-3H3. The highest BCUT2D eigenvalue weighted by Gasteiger charge is 2.56. The first-order valence-electron chi connectivity index (χ1n) is 10.8. The lowest BCUT2D eigenvalue weighted by molar-refractivity contribution is -0.140. The van der Waals surface area contributed by atoms with Crippen LogP contribution in [0.15, 0.2) is 35.5 Å². The predicted octanol–water partition coefficient (Wildman–Crippen LogP) is 3.33. The molecular weight excluding hydrogens is 382 g/mol. The van der Waals surface area contributed by atoms with Gasteiger partial charge in [-0.1, -0.05) is 12.8 Å². The van der Waals surface area contributed by atoms with Gasteiger partial charge in [-0.15, -0.1) is 0 Å². The summed E-state index contributed by atoms with van der Waals surface area (Å²) in [5, 5.41) is 13.2. The molecule has 30 heavy (non-hydrogen) atoms. The first-order valence-corrected chi connectivity index (χ1v) is 10.8. The lowest BCUT2D eigenvalue weighted by Gasteiger charge is -2.52. The smallest absolute Gasteiger partial charge is 0.410 e. The molecule has 7 heteroatoms. The molecule has 7 nitrogen and oxygen atoms in total. The molecule has 2 aliphatic rings. The van der Waals surface area contributed by atoms with Gasteiger partial charge in [-0.25, -0.2) is 4.79 Å². The number of piperidine rings is 1. The lowest BCUT2D eigenvalue weighted by atomic mass is 9.66. The lowest BCUT2D eigenvalue weighted by Crippen LogP contribution is -2.62. The van der Waals surface area contributed by atoms with E-state index in [1.807, 2.05) is 32.9 Å².